The van der Waals surface area contributed by atoms with Gasteiger partial charge in [0.2, 0.25) is 0 Å². The highest BCUT2D eigenvalue weighted by molar-refractivity contribution is 5.55. The molecule has 1 aromatic rings. The minimum Gasteiger partial charge on any atom is -0.371 e. The van der Waals surface area contributed by atoms with Crippen LogP contribution in [-0.4, -0.2) is 13.1 Å². The molecule has 2 rings (SSSR count). The fraction of sp³-hybridized carbons (Fsp3) is 0.647. The summed E-state index contributed by atoms with van der Waals surface area (Å²) in [6, 6.07) is 4.86. The zero-order valence-corrected chi connectivity index (χ0v) is 13.1. The second-order valence-corrected chi connectivity index (χ2v) is 7.12. The molecule has 1 aliphatic rings. The lowest BCUT2D eigenvalue weighted by Gasteiger charge is -2.40. The first-order valence-electron chi connectivity index (χ1n) is 7.59. The van der Waals surface area contributed by atoms with Gasteiger partial charge in [-0.25, -0.2) is 4.39 Å². The molecule has 0 spiro atoms. The predicted molar refractivity (Wildman–Crippen MR) is 83.4 cm³/mol. The summed E-state index contributed by atoms with van der Waals surface area (Å²) in [5, 5.41) is 0. The molecule has 0 aliphatic carbocycles. The van der Waals surface area contributed by atoms with E-state index in [2.05, 4.69) is 25.7 Å². The van der Waals surface area contributed by atoms with Crippen LogP contribution in [0, 0.1) is 17.2 Å². The fourth-order valence-electron chi connectivity index (χ4n) is 3.16. The Balaban J connectivity index is 2.15. The van der Waals surface area contributed by atoms with Gasteiger partial charge in [-0.2, -0.15) is 0 Å². The van der Waals surface area contributed by atoms with Crippen molar-refractivity contribution in [1.82, 2.24) is 0 Å². The summed E-state index contributed by atoms with van der Waals surface area (Å²) in [4.78, 5) is 2.36. The van der Waals surface area contributed by atoms with Crippen molar-refractivity contribution >= 4 is 5.69 Å². The minimum atomic E-state index is -0.203. The molecule has 112 valence electrons. The van der Waals surface area contributed by atoms with Gasteiger partial charge in [-0.3, -0.25) is 0 Å². The topological polar surface area (TPSA) is 29.3 Å². The minimum absolute atomic E-state index is 0.138. The zero-order valence-electron chi connectivity index (χ0n) is 13.1. The van der Waals surface area contributed by atoms with Crippen molar-refractivity contribution in [3.05, 3.63) is 29.6 Å². The van der Waals surface area contributed by atoms with Crippen LogP contribution in [0.1, 0.15) is 52.1 Å². The van der Waals surface area contributed by atoms with E-state index in [0.717, 1.165) is 30.3 Å². The van der Waals surface area contributed by atoms with Crippen LogP contribution in [0.15, 0.2) is 18.2 Å². The third-order valence-electron chi connectivity index (χ3n) is 4.54. The summed E-state index contributed by atoms with van der Waals surface area (Å²) in [6.07, 6.45) is 2.39. The van der Waals surface area contributed by atoms with Crippen LogP contribution in [0.4, 0.5) is 10.1 Å². The van der Waals surface area contributed by atoms with E-state index in [9.17, 15) is 4.39 Å². The first kappa shape index (κ1) is 15.3. The van der Waals surface area contributed by atoms with E-state index in [-0.39, 0.29) is 11.9 Å². The lowest BCUT2D eigenvalue weighted by molar-refractivity contribution is 0.199. The fourth-order valence-corrected chi connectivity index (χ4v) is 3.16. The molecule has 20 heavy (non-hydrogen) atoms. The SMILES string of the molecule is CC(N)c1cc(F)ccc1N1CCC(C(C)(C)C)CC1. The van der Waals surface area contributed by atoms with E-state index in [4.69, 9.17) is 5.73 Å². The molecule has 0 amide bonds. The number of anilines is 1. The first-order chi connectivity index (χ1) is 9.29. The Morgan fingerprint density at radius 3 is 2.35 bits per heavy atom. The molecule has 1 heterocycles. The number of hydrogen-bond donors (Lipinski definition) is 1. The lowest BCUT2D eigenvalue weighted by Crippen LogP contribution is -2.38. The first-order valence-corrected chi connectivity index (χ1v) is 7.59. The van der Waals surface area contributed by atoms with E-state index < -0.39 is 0 Å². The highest BCUT2D eigenvalue weighted by Crippen LogP contribution is 2.37. The van der Waals surface area contributed by atoms with Gasteiger partial charge in [0.1, 0.15) is 5.82 Å². The Bertz CT molecular complexity index is 455. The van der Waals surface area contributed by atoms with Crippen LogP contribution in [0.25, 0.3) is 0 Å². The van der Waals surface area contributed by atoms with Gasteiger partial charge < -0.3 is 10.6 Å². The van der Waals surface area contributed by atoms with Gasteiger partial charge in [0.25, 0.3) is 0 Å². The highest BCUT2D eigenvalue weighted by atomic mass is 19.1. The number of rotatable bonds is 2. The van der Waals surface area contributed by atoms with E-state index >= 15 is 0 Å². The van der Waals surface area contributed by atoms with Crippen LogP contribution in [0.2, 0.25) is 0 Å². The quantitative estimate of drug-likeness (QED) is 0.882. The van der Waals surface area contributed by atoms with Crippen molar-refractivity contribution in [2.45, 2.75) is 46.6 Å². The monoisotopic (exact) mass is 278 g/mol. The van der Waals surface area contributed by atoms with Crippen LogP contribution in [-0.2, 0) is 0 Å². The lowest BCUT2D eigenvalue weighted by atomic mass is 9.75. The molecule has 0 bridgehead atoms. The molecule has 1 unspecified atom stereocenters. The third kappa shape index (κ3) is 3.32. The van der Waals surface area contributed by atoms with Crippen molar-refractivity contribution in [2.24, 2.45) is 17.1 Å². The van der Waals surface area contributed by atoms with Crippen LogP contribution in [0.5, 0.6) is 0 Å². The Morgan fingerprint density at radius 2 is 1.85 bits per heavy atom. The maximum Gasteiger partial charge on any atom is 0.123 e. The third-order valence-corrected chi connectivity index (χ3v) is 4.54. The van der Waals surface area contributed by atoms with Crippen LogP contribution < -0.4 is 10.6 Å². The van der Waals surface area contributed by atoms with Crippen LogP contribution >= 0.6 is 0 Å². The molecular weight excluding hydrogens is 251 g/mol. The molecule has 0 aromatic heterocycles. The smallest absolute Gasteiger partial charge is 0.123 e. The van der Waals surface area contributed by atoms with Crippen molar-refractivity contribution in [2.75, 3.05) is 18.0 Å². The molecule has 1 aromatic carbocycles. The van der Waals surface area contributed by atoms with Gasteiger partial charge in [-0.15, -0.1) is 0 Å². The molecule has 0 saturated carbocycles. The van der Waals surface area contributed by atoms with E-state index in [1.807, 2.05) is 13.0 Å². The standard InChI is InChI=1S/C17H27FN2/c1-12(19)15-11-14(18)5-6-16(15)20-9-7-13(8-10-20)17(2,3)4/h5-6,11-13H,7-10,19H2,1-4H3. The van der Waals surface area contributed by atoms with Gasteiger partial charge in [0.05, 0.1) is 0 Å². The van der Waals surface area contributed by atoms with E-state index in [1.54, 1.807) is 6.07 Å². The number of benzene rings is 1. The average Bonchev–Trinajstić information content (AvgIpc) is 2.37. The molecule has 1 atom stereocenters. The highest BCUT2D eigenvalue weighted by Gasteiger charge is 2.29. The number of nitrogens with zero attached hydrogens (tertiary/aromatic N) is 1. The Morgan fingerprint density at radius 1 is 1.25 bits per heavy atom. The normalized spacial score (nSPS) is 19.2. The molecule has 1 saturated heterocycles. The second-order valence-electron chi connectivity index (χ2n) is 7.12. The predicted octanol–water partition coefficient (Wildman–Crippen LogP) is 4.11. The zero-order chi connectivity index (χ0) is 14.9. The van der Waals surface area contributed by atoms with Gasteiger partial charge in [-0.1, -0.05) is 20.8 Å². The van der Waals surface area contributed by atoms with E-state index in [0.29, 0.717) is 5.41 Å². The number of hydrogen-bond acceptors (Lipinski definition) is 2. The summed E-state index contributed by atoms with van der Waals surface area (Å²) in [5.41, 5.74) is 8.39. The Labute approximate surface area is 122 Å². The summed E-state index contributed by atoms with van der Waals surface area (Å²) >= 11 is 0. The Kier molecular flexibility index (Phi) is 4.38. The van der Waals surface area contributed by atoms with Gasteiger partial charge in [0, 0.05) is 24.8 Å². The van der Waals surface area contributed by atoms with Gasteiger partial charge >= 0.3 is 0 Å². The van der Waals surface area contributed by atoms with Crippen molar-refractivity contribution in [1.29, 1.82) is 0 Å². The molecule has 2 nitrogen and oxygen atoms in total. The van der Waals surface area contributed by atoms with Crippen molar-refractivity contribution in [3.63, 3.8) is 0 Å². The number of halogens is 1. The molecule has 1 fully saturated rings. The summed E-state index contributed by atoms with van der Waals surface area (Å²) in [7, 11) is 0. The molecular formula is C17H27FN2. The molecule has 1 aliphatic heterocycles. The largest absolute Gasteiger partial charge is 0.371 e. The molecule has 0 radical (unpaired) electrons. The number of nitrogens with two attached hydrogens (primary N) is 1. The molecule has 3 heteroatoms. The van der Waals surface area contributed by atoms with Crippen LogP contribution in [0.3, 0.4) is 0 Å². The summed E-state index contributed by atoms with van der Waals surface area (Å²) in [5.74, 6) is 0.559. The second kappa shape index (κ2) is 5.72. The van der Waals surface area contributed by atoms with Gasteiger partial charge in [0.15, 0.2) is 0 Å². The maximum atomic E-state index is 13.4. The van der Waals surface area contributed by atoms with Crippen molar-refractivity contribution in [3.8, 4) is 0 Å². The number of piperidine rings is 1. The summed E-state index contributed by atoms with van der Waals surface area (Å²) in [6.45, 7) is 10.9. The van der Waals surface area contributed by atoms with E-state index in [1.165, 1.54) is 18.9 Å². The van der Waals surface area contributed by atoms with Gasteiger partial charge in [-0.05, 0) is 54.9 Å². The van der Waals surface area contributed by atoms with Crippen molar-refractivity contribution < 1.29 is 4.39 Å². The maximum absolute atomic E-state index is 13.4. The summed E-state index contributed by atoms with van der Waals surface area (Å²) < 4.78 is 13.4. The Hall–Kier alpha value is -1.09. The average molecular weight is 278 g/mol. The molecule has 2 N–H and O–H groups in total.